The van der Waals surface area contributed by atoms with E-state index in [1.54, 1.807) is 23.1 Å². The van der Waals surface area contributed by atoms with Crippen molar-refractivity contribution in [3.05, 3.63) is 65.2 Å². The number of carbonyl (C=O) groups is 2. The molecule has 4 rings (SSSR count). The standard InChI is InChI=1S/C23H27N3O5S/c1-32(29,30)26-11-5-8-18-16-19(9-10-20(18)26)22(27)24-21(17-6-3-2-4-7-17)23(28)25-12-14-31-15-13-25/h2-4,6-7,9-10,16,21H,5,8,11-15H2,1H3,(H,24,27)/t21-/m1/s1. The first-order chi connectivity index (χ1) is 15.3. The Bertz CT molecular complexity index is 1100. The zero-order valence-corrected chi connectivity index (χ0v) is 18.8. The highest BCUT2D eigenvalue weighted by Crippen LogP contribution is 2.30. The van der Waals surface area contributed by atoms with Crippen molar-refractivity contribution in [3.63, 3.8) is 0 Å². The number of hydrogen-bond acceptors (Lipinski definition) is 5. The van der Waals surface area contributed by atoms with Gasteiger partial charge in [0.05, 0.1) is 25.2 Å². The first kappa shape index (κ1) is 22.3. The molecule has 1 N–H and O–H groups in total. The molecule has 8 nitrogen and oxygen atoms in total. The third-order valence-electron chi connectivity index (χ3n) is 5.80. The smallest absolute Gasteiger partial charge is 0.252 e. The van der Waals surface area contributed by atoms with E-state index in [1.165, 1.54) is 10.6 Å². The SMILES string of the molecule is CS(=O)(=O)N1CCCc2cc(C(=O)N[C@@H](C(=O)N3CCOCC3)c3ccccc3)ccc21. The number of amides is 2. The van der Waals surface area contributed by atoms with Crippen molar-refractivity contribution in [3.8, 4) is 0 Å². The van der Waals surface area contributed by atoms with Crippen molar-refractivity contribution < 1.29 is 22.7 Å². The molecular weight excluding hydrogens is 430 g/mol. The predicted octanol–water partition coefficient (Wildman–Crippen LogP) is 1.73. The number of sulfonamides is 1. The summed E-state index contributed by atoms with van der Waals surface area (Å²) in [5.41, 5.74) is 2.53. The predicted molar refractivity (Wildman–Crippen MR) is 121 cm³/mol. The van der Waals surface area contributed by atoms with Crippen LogP contribution in [0.3, 0.4) is 0 Å². The molecule has 2 aromatic carbocycles. The fourth-order valence-electron chi connectivity index (χ4n) is 4.16. The van der Waals surface area contributed by atoms with E-state index in [2.05, 4.69) is 5.32 Å². The number of nitrogens with zero attached hydrogens (tertiary/aromatic N) is 2. The Morgan fingerprint density at radius 2 is 1.75 bits per heavy atom. The topological polar surface area (TPSA) is 96.0 Å². The molecule has 2 heterocycles. The summed E-state index contributed by atoms with van der Waals surface area (Å²) in [6.45, 7) is 2.35. The van der Waals surface area contributed by atoms with Gasteiger partial charge in [-0.15, -0.1) is 0 Å². The van der Waals surface area contributed by atoms with Crippen molar-refractivity contribution >= 4 is 27.5 Å². The molecule has 2 aliphatic rings. The summed E-state index contributed by atoms with van der Waals surface area (Å²) in [5, 5.41) is 2.89. The minimum atomic E-state index is -3.38. The molecule has 0 bridgehead atoms. The summed E-state index contributed by atoms with van der Waals surface area (Å²) in [6.07, 6.45) is 2.56. The lowest BCUT2D eigenvalue weighted by Crippen LogP contribution is -2.47. The van der Waals surface area contributed by atoms with Crippen molar-refractivity contribution in [2.45, 2.75) is 18.9 Å². The van der Waals surface area contributed by atoms with Crippen LogP contribution in [-0.4, -0.2) is 64.2 Å². The van der Waals surface area contributed by atoms with Gasteiger partial charge in [0.2, 0.25) is 15.9 Å². The maximum Gasteiger partial charge on any atom is 0.252 e. The van der Waals surface area contributed by atoms with Crippen LogP contribution in [0.15, 0.2) is 48.5 Å². The van der Waals surface area contributed by atoms with Gasteiger partial charge in [-0.25, -0.2) is 8.42 Å². The van der Waals surface area contributed by atoms with Gasteiger partial charge in [-0.1, -0.05) is 30.3 Å². The Labute approximate surface area is 188 Å². The number of morpholine rings is 1. The lowest BCUT2D eigenvalue weighted by atomic mass is 9.99. The molecule has 9 heteroatoms. The number of aryl methyl sites for hydroxylation is 1. The highest BCUT2D eigenvalue weighted by Gasteiger charge is 2.30. The molecule has 32 heavy (non-hydrogen) atoms. The van der Waals surface area contributed by atoms with Crippen LogP contribution in [-0.2, 0) is 26.0 Å². The summed E-state index contributed by atoms with van der Waals surface area (Å²) in [7, 11) is -3.38. The Kier molecular flexibility index (Phi) is 6.48. The molecule has 0 unspecified atom stereocenters. The summed E-state index contributed by atoms with van der Waals surface area (Å²) in [6, 6.07) is 13.4. The van der Waals surface area contributed by atoms with Crippen LogP contribution in [0, 0.1) is 0 Å². The number of benzene rings is 2. The fourth-order valence-corrected chi connectivity index (χ4v) is 5.16. The maximum atomic E-state index is 13.2. The lowest BCUT2D eigenvalue weighted by Gasteiger charge is -2.31. The molecule has 2 aromatic rings. The third kappa shape index (κ3) is 4.78. The molecule has 0 aromatic heterocycles. The van der Waals surface area contributed by atoms with Crippen LogP contribution >= 0.6 is 0 Å². The number of rotatable bonds is 5. The van der Waals surface area contributed by atoms with Gasteiger partial charge in [0, 0.05) is 25.2 Å². The zero-order chi connectivity index (χ0) is 22.7. The maximum absolute atomic E-state index is 13.2. The van der Waals surface area contributed by atoms with E-state index in [-0.39, 0.29) is 11.8 Å². The van der Waals surface area contributed by atoms with Gasteiger partial charge >= 0.3 is 0 Å². The van der Waals surface area contributed by atoms with Crippen LogP contribution in [0.5, 0.6) is 0 Å². The number of carbonyl (C=O) groups excluding carboxylic acids is 2. The lowest BCUT2D eigenvalue weighted by molar-refractivity contribution is -0.137. The summed E-state index contributed by atoms with van der Waals surface area (Å²) < 4.78 is 30.9. The largest absolute Gasteiger partial charge is 0.378 e. The van der Waals surface area contributed by atoms with Crippen LogP contribution in [0.25, 0.3) is 0 Å². The molecule has 0 spiro atoms. The molecule has 170 valence electrons. The van der Waals surface area contributed by atoms with Gasteiger partial charge in [-0.3, -0.25) is 13.9 Å². The fraction of sp³-hybridized carbons (Fsp3) is 0.391. The normalized spacial score (nSPS) is 17.4. The van der Waals surface area contributed by atoms with Crippen molar-refractivity contribution in [1.29, 1.82) is 0 Å². The van der Waals surface area contributed by atoms with Gasteiger partial charge < -0.3 is 15.0 Å². The van der Waals surface area contributed by atoms with Crippen LogP contribution in [0.2, 0.25) is 0 Å². The van der Waals surface area contributed by atoms with Crippen LogP contribution < -0.4 is 9.62 Å². The van der Waals surface area contributed by atoms with Crippen molar-refractivity contribution in [1.82, 2.24) is 10.2 Å². The van der Waals surface area contributed by atoms with Crippen LogP contribution in [0.1, 0.15) is 33.9 Å². The molecule has 0 aliphatic carbocycles. The molecule has 2 amide bonds. The third-order valence-corrected chi connectivity index (χ3v) is 6.98. The average Bonchev–Trinajstić information content (AvgIpc) is 2.81. The van der Waals surface area contributed by atoms with E-state index in [4.69, 9.17) is 4.74 Å². The minimum Gasteiger partial charge on any atom is -0.378 e. The van der Waals surface area contributed by atoms with Crippen LogP contribution in [0.4, 0.5) is 5.69 Å². The van der Waals surface area contributed by atoms with Gasteiger partial charge in [0.1, 0.15) is 6.04 Å². The second-order valence-electron chi connectivity index (χ2n) is 8.04. The second kappa shape index (κ2) is 9.30. The second-order valence-corrected chi connectivity index (χ2v) is 9.94. The molecule has 1 saturated heterocycles. The van der Waals surface area contributed by atoms with E-state index in [0.29, 0.717) is 62.5 Å². The Hall–Kier alpha value is -2.91. The monoisotopic (exact) mass is 457 g/mol. The quantitative estimate of drug-likeness (QED) is 0.738. The summed E-state index contributed by atoms with van der Waals surface area (Å²) in [5.74, 6) is -0.547. The number of nitrogens with one attached hydrogen (secondary N) is 1. The molecule has 2 aliphatic heterocycles. The molecule has 1 atom stereocenters. The molecular formula is C23H27N3O5S. The molecule has 0 saturated carbocycles. The van der Waals surface area contributed by atoms with Gasteiger partial charge in [0.25, 0.3) is 5.91 Å². The number of ether oxygens (including phenoxy) is 1. The Morgan fingerprint density at radius 1 is 1.03 bits per heavy atom. The number of hydrogen-bond donors (Lipinski definition) is 1. The van der Waals surface area contributed by atoms with E-state index >= 15 is 0 Å². The average molecular weight is 458 g/mol. The Morgan fingerprint density at radius 3 is 2.44 bits per heavy atom. The highest BCUT2D eigenvalue weighted by atomic mass is 32.2. The van der Waals surface area contributed by atoms with Gasteiger partial charge in [0.15, 0.2) is 0 Å². The molecule has 1 fully saturated rings. The van der Waals surface area contributed by atoms with E-state index in [9.17, 15) is 18.0 Å². The van der Waals surface area contributed by atoms with Gasteiger partial charge in [-0.2, -0.15) is 0 Å². The molecule has 0 radical (unpaired) electrons. The van der Waals surface area contributed by atoms with E-state index in [1.807, 2.05) is 30.3 Å². The summed E-state index contributed by atoms with van der Waals surface area (Å²) in [4.78, 5) is 28.1. The van der Waals surface area contributed by atoms with Gasteiger partial charge in [-0.05, 0) is 42.2 Å². The summed E-state index contributed by atoms with van der Waals surface area (Å²) >= 11 is 0. The zero-order valence-electron chi connectivity index (χ0n) is 18.0. The van der Waals surface area contributed by atoms with E-state index < -0.39 is 16.1 Å². The number of fused-ring (bicyclic) bond motifs is 1. The first-order valence-electron chi connectivity index (χ1n) is 10.7. The highest BCUT2D eigenvalue weighted by molar-refractivity contribution is 7.92. The van der Waals surface area contributed by atoms with E-state index in [0.717, 1.165) is 5.56 Å². The number of anilines is 1. The van der Waals surface area contributed by atoms with Crippen molar-refractivity contribution in [2.75, 3.05) is 43.4 Å². The Balaban J connectivity index is 1.59. The van der Waals surface area contributed by atoms with Crippen molar-refractivity contribution in [2.24, 2.45) is 0 Å². The minimum absolute atomic E-state index is 0.172. The first-order valence-corrected chi connectivity index (χ1v) is 12.5.